The number of rotatable bonds is 9. The molecule has 0 heterocycles. The molecule has 0 aromatic rings. The lowest BCUT2D eigenvalue weighted by Gasteiger charge is -2.21. The van der Waals surface area contributed by atoms with Crippen molar-refractivity contribution in [1.82, 2.24) is 5.32 Å². The summed E-state index contributed by atoms with van der Waals surface area (Å²) in [5, 5.41) is 2.99. The Morgan fingerprint density at radius 1 is 1.26 bits per heavy atom. The van der Waals surface area contributed by atoms with Gasteiger partial charge in [0.1, 0.15) is 0 Å². The standard InChI is InChI=1S/C16H31NO2/c1-14(2)13-19-12-10-16(18)17-11-6-9-15-7-4-3-5-8-15/h14-15H,3-13H2,1-2H3,(H,17,18). The fourth-order valence-electron chi connectivity index (χ4n) is 2.67. The number of hydrogen-bond acceptors (Lipinski definition) is 2. The molecule has 0 saturated heterocycles. The van der Waals surface area contributed by atoms with Crippen molar-refractivity contribution < 1.29 is 9.53 Å². The molecule has 0 unspecified atom stereocenters. The zero-order valence-electron chi connectivity index (χ0n) is 12.7. The fraction of sp³-hybridized carbons (Fsp3) is 0.938. The van der Waals surface area contributed by atoms with E-state index >= 15 is 0 Å². The molecular formula is C16H31NO2. The van der Waals surface area contributed by atoms with Crippen LogP contribution in [0.2, 0.25) is 0 Å². The summed E-state index contributed by atoms with van der Waals surface area (Å²) in [7, 11) is 0. The molecular weight excluding hydrogens is 238 g/mol. The maximum atomic E-state index is 11.5. The number of carbonyl (C=O) groups is 1. The number of amides is 1. The van der Waals surface area contributed by atoms with Gasteiger partial charge in [0.2, 0.25) is 5.91 Å². The second kappa shape index (κ2) is 10.2. The third-order valence-corrected chi connectivity index (χ3v) is 3.76. The lowest BCUT2D eigenvalue weighted by atomic mass is 9.86. The maximum Gasteiger partial charge on any atom is 0.222 e. The van der Waals surface area contributed by atoms with Crippen molar-refractivity contribution in [3.05, 3.63) is 0 Å². The molecule has 0 spiro atoms. The van der Waals surface area contributed by atoms with Gasteiger partial charge in [0.05, 0.1) is 6.61 Å². The van der Waals surface area contributed by atoms with Gasteiger partial charge in [-0.2, -0.15) is 0 Å². The number of nitrogens with one attached hydrogen (secondary N) is 1. The van der Waals surface area contributed by atoms with Crippen LogP contribution in [0.4, 0.5) is 0 Å². The van der Waals surface area contributed by atoms with Crippen LogP contribution in [0.5, 0.6) is 0 Å². The number of carbonyl (C=O) groups excluding carboxylic acids is 1. The van der Waals surface area contributed by atoms with Gasteiger partial charge in [-0.3, -0.25) is 4.79 Å². The Morgan fingerprint density at radius 2 is 2.00 bits per heavy atom. The Labute approximate surface area is 118 Å². The third-order valence-electron chi connectivity index (χ3n) is 3.76. The van der Waals surface area contributed by atoms with E-state index in [4.69, 9.17) is 4.74 Å². The molecule has 0 radical (unpaired) electrons. The highest BCUT2D eigenvalue weighted by Crippen LogP contribution is 2.26. The SMILES string of the molecule is CC(C)COCCC(=O)NCCCC1CCCCC1. The molecule has 1 aliphatic rings. The second-order valence-corrected chi connectivity index (χ2v) is 6.21. The molecule has 1 fully saturated rings. The van der Waals surface area contributed by atoms with E-state index in [9.17, 15) is 4.79 Å². The highest BCUT2D eigenvalue weighted by atomic mass is 16.5. The van der Waals surface area contributed by atoms with Crippen LogP contribution in [-0.4, -0.2) is 25.7 Å². The van der Waals surface area contributed by atoms with Gasteiger partial charge in [0.25, 0.3) is 0 Å². The monoisotopic (exact) mass is 269 g/mol. The Hall–Kier alpha value is -0.570. The molecule has 0 aromatic heterocycles. The van der Waals surface area contributed by atoms with Crippen molar-refractivity contribution in [3.63, 3.8) is 0 Å². The summed E-state index contributed by atoms with van der Waals surface area (Å²) in [6, 6.07) is 0. The van der Waals surface area contributed by atoms with Gasteiger partial charge in [0.15, 0.2) is 0 Å². The van der Waals surface area contributed by atoms with Gasteiger partial charge in [-0.1, -0.05) is 46.0 Å². The quantitative estimate of drug-likeness (QED) is 0.650. The van der Waals surface area contributed by atoms with E-state index in [1.165, 1.54) is 38.5 Å². The molecule has 1 aliphatic carbocycles. The van der Waals surface area contributed by atoms with Gasteiger partial charge < -0.3 is 10.1 Å². The summed E-state index contributed by atoms with van der Waals surface area (Å²) < 4.78 is 5.41. The van der Waals surface area contributed by atoms with Crippen LogP contribution in [0.1, 0.15) is 65.2 Å². The van der Waals surface area contributed by atoms with Gasteiger partial charge in [-0.25, -0.2) is 0 Å². The van der Waals surface area contributed by atoms with Gasteiger partial charge in [0, 0.05) is 19.6 Å². The van der Waals surface area contributed by atoms with Gasteiger partial charge in [-0.05, 0) is 24.7 Å². The van der Waals surface area contributed by atoms with Crippen molar-refractivity contribution in [3.8, 4) is 0 Å². The molecule has 3 nitrogen and oxygen atoms in total. The van der Waals surface area contributed by atoms with Crippen molar-refractivity contribution >= 4 is 5.91 Å². The lowest BCUT2D eigenvalue weighted by Crippen LogP contribution is -2.26. The van der Waals surface area contributed by atoms with Crippen LogP contribution in [-0.2, 0) is 9.53 Å². The topological polar surface area (TPSA) is 38.3 Å². The summed E-state index contributed by atoms with van der Waals surface area (Å²) in [6.07, 6.45) is 9.94. The van der Waals surface area contributed by atoms with Crippen LogP contribution in [0.3, 0.4) is 0 Å². The Kier molecular flexibility index (Phi) is 8.89. The Bertz CT molecular complexity index is 235. The zero-order chi connectivity index (χ0) is 13.9. The molecule has 1 saturated carbocycles. The summed E-state index contributed by atoms with van der Waals surface area (Å²) in [5.74, 6) is 1.59. The molecule has 0 atom stereocenters. The predicted octanol–water partition coefficient (Wildman–Crippen LogP) is 3.53. The Balaban J connectivity index is 1.89. The van der Waals surface area contributed by atoms with Gasteiger partial charge in [-0.15, -0.1) is 0 Å². The van der Waals surface area contributed by atoms with Crippen LogP contribution in [0, 0.1) is 11.8 Å². The highest BCUT2D eigenvalue weighted by molar-refractivity contribution is 5.75. The van der Waals surface area contributed by atoms with Gasteiger partial charge >= 0.3 is 0 Å². The lowest BCUT2D eigenvalue weighted by molar-refractivity contribution is -0.122. The van der Waals surface area contributed by atoms with E-state index in [1.54, 1.807) is 0 Å². The largest absolute Gasteiger partial charge is 0.381 e. The van der Waals surface area contributed by atoms with Crippen LogP contribution < -0.4 is 5.32 Å². The maximum absolute atomic E-state index is 11.5. The van der Waals surface area contributed by atoms with Crippen molar-refractivity contribution in [1.29, 1.82) is 0 Å². The fourth-order valence-corrected chi connectivity index (χ4v) is 2.67. The van der Waals surface area contributed by atoms with Crippen molar-refractivity contribution in [2.75, 3.05) is 19.8 Å². The first-order chi connectivity index (χ1) is 9.18. The van der Waals surface area contributed by atoms with E-state index < -0.39 is 0 Å². The highest BCUT2D eigenvalue weighted by Gasteiger charge is 2.12. The average molecular weight is 269 g/mol. The molecule has 0 aliphatic heterocycles. The smallest absolute Gasteiger partial charge is 0.222 e. The minimum atomic E-state index is 0.132. The Morgan fingerprint density at radius 3 is 2.68 bits per heavy atom. The molecule has 3 heteroatoms. The van der Waals surface area contributed by atoms with Crippen LogP contribution in [0.25, 0.3) is 0 Å². The van der Waals surface area contributed by atoms with E-state index in [2.05, 4.69) is 19.2 Å². The second-order valence-electron chi connectivity index (χ2n) is 6.21. The minimum Gasteiger partial charge on any atom is -0.381 e. The summed E-state index contributed by atoms with van der Waals surface area (Å²) in [5.41, 5.74) is 0. The molecule has 0 bridgehead atoms. The predicted molar refractivity (Wildman–Crippen MR) is 79.1 cm³/mol. The van der Waals surface area contributed by atoms with E-state index in [0.717, 1.165) is 25.5 Å². The molecule has 1 N–H and O–H groups in total. The normalized spacial score (nSPS) is 16.8. The zero-order valence-corrected chi connectivity index (χ0v) is 12.7. The molecule has 112 valence electrons. The van der Waals surface area contributed by atoms with Crippen LogP contribution in [0.15, 0.2) is 0 Å². The number of hydrogen-bond donors (Lipinski definition) is 1. The van der Waals surface area contributed by atoms with E-state index in [1.807, 2.05) is 0 Å². The summed E-state index contributed by atoms with van der Waals surface area (Å²) in [6.45, 7) is 6.36. The first-order valence-electron chi connectivity index (χ1n) is 8.03. The van der Waals surface area contributed by atoms with Crippen molar-refractivity contribution in [2.45, 2.75) is 65.2 Å². The molecule has 1 amide bonds. The van der Waals surface area contributed by atoms with E-state index in [0.29, 0.717) is 18.9 Å². The van der Waals surface area contributed by atoms with Crippen LogP contribution >= 0.6 is 0 Å². The molecule has 0 aromatic carbocycles. The number of ether oxygens (including phenoxy) is 1. The van der Waals surface area contributed by atoms with Crippen molar-refractivity contribution in [2.24, 2.45) is 11.8 Å². The average Bonchev–Trinajstić information content (AvgIpc) is 2.41. The first kappa shape index (κ1) is 16.5. The minimum absolute atomic E-state index is 0.132. The first-order valence-corrected chi connectivity index (χ1v) is 8.03. The summed E-state index contributed by atoms with van der Waals surface area (Å²) in [4.78, 5) is 11.5. The molecule has 19 heavy (non-hydrogen) atoms. The summed E-state index contributed by atoms with van der Waals surface area (Å²) >= 11 is 0. The third kappa shape index (κ3) is 9.04. The molecule has 1 rings (SSSR count). The van der Waals surface area contributed by atoms with E-state index in [-0.39, 0.29) is 5.91 Å².